The Balaban J connectivity index is 2.56. The van der Waals surface area contributed by atoms with Gasteiger partial charge in [0.1, 0.15) is 5.78 Å². The molecule has 1 aliphatic rings. The van der Waals surface area contributed by atoms with Crippen molar-refractivity contribution in [2.75, 3.05) is 13.1 Å². The number of piperidine rings is 1. The zero-order valence-corrected chi connectivity index (χ0v) is 10.2. The summed E-state index contributed by atoms with van der Waals surface area (Å²) in [5.74, 6) is 0.00255. The first kappa shape index (κ1) is 13.2. The first-order chi connectivity index (χ1) is 7.56. The summed E-state index contributed by atoms with van der Waals surface area (Å²) in [5, 5.41) is 0. The Kier molecular flexibility index (Phi) is 4.93. The van der Waals surface area contributed by atoms with Crippen LogP contribution in [0.4, 0.5) is 0 Å². The number of hydrogen-bond acceptors (Lipinski definition) is 3. The highest BCUT2D eigenvalue weighted by Crippen LogP contribution is 2.17. The molecule has 0 aromatic rings. The minimum absolute atomic E-state index is 0.0791. The Labute approximate surface area is 97.2 Å². The molecule has 0 bridgehead atoms. The standard InChI is InChI=1S/C12H22N2O2/c1-3-9(2)11(15)8-14-7-5-4-6-10(14)12(13)16/h9-10H,3-8H2,1-2H3,(H2,13,16). The molecule has 92 valence electrons. The zero-order chi connectivity index (χ0) is 12.1. The van der Waals surface area contributed by atoms with Gasteiger partial charge in [0.25, 0.3) is 0 Å². The van der Waals surface area contributed by atoms with Crippen molar-refractivity contribution in [3.8, 4) is 0 Å². The van der Waals surface area contributed by atoms with E-state index in [9.17, 15) is 9.59 Å². The third kappa shape index (κ3) is 3.30. The number of likely N-dealkylation sites (tertiary alicyclic amines) is 1. The van der Waals surface area contributed by atoms with E-state index in [2.05, 4.69) is 0 Å². The molecule has 1 rings (SSSR count). The average molecular weight is 226 g/mol. The lowest BCUT2D eigenvalue weighted by Crippen LogP contribution is -2.50. The summed E-state index contributed by atoms with van der Waals surface area (Å²) < 4.78 is 0. The lowest BCUT2D eigenvalue weighted by Gasteiger charge is -2.33. The van der Waals surface area contributed by atoms with E-state index in [1.807, 2.05) is 18.7 Å². The summed E-state index contributed by atoms with van der Waals surface area (Å²) in [6.07, 6.45) is 3.73. The number of amides is 1. The van der Waals surface area contributed by atoms with Crippen LogP contribution in [0.5, 0.6) is 0 Å². The van der Waals surface area contributed by atoms with Gasteiger partial charge in [-0.15, -0.1) is 0 Å². The number of carbonyl (C=O) groups excluding carboxylic acids is 2. The quantitative estimate of drug-likeness (QED) is 0.759. The first-order valence-electron chi connectivity index (χ1n) is 6.12. The molecule has 1 fully saturated rings. The number of primary amides is 1. The molecule has 4 nitrogen and oxygen atoms in total. The van der Waals surface area contributed by atoms with Gasteiger partial charge in [-0.2, -0.15) is 0 Å². The number of hydrogen-bond donors (Lipinski definition) is 1. The molecule has 16 heavy (non-hydrogen) atoms. The largest absolute Gasteiger partial charge is 0.368 e. The number of ketones is 1. The van der Waals surface area contributed by atoms with Gasteiger partial charge in [0.2, 0.25) is 5.91 Å². The van der Waals surface area contributed by atoms with Gasteiger partial charge in [0, 0.05) is 5.92 Å². The van der Waals surface area contributed by atoms with E-state index in [1.54, 1.807) is 0 Å². The van der Waals surface area contributed by atoms with Crippen LogP contribution < -0.4 is 5.73 Å². The zero-order valence-electron chi connectivity index (χ0n) is 10.2. The molecule has 1 aliphatic heterocycles. The fraction of sp³-hybridized carbons (Fsp3) is 0.833. The number of nitrogens with zero attached hydrogens (tertiary/aromatic N) is 1. The fourth-order valence-electron chi connectivity index (χ4n) is 2.09. The van der Waals surface area contributed by atoms with Gasteiger partial charge in [0.15, 0.2) is 0 Å². The normalized spacial score (nSPS) is 24.0. The fourth-order valence-corrected chi connectivity index (χ4v) is 2.09. The van der Waals surface area contributed by atoms with Crippen LogP contribution >= 0.6 is 0 Å². The van der Waals surface area contributed by atoms with Crippen LogP contribution in [-0.4, -0.2) is 35.7 Å². The molecule has 0 aromatic carbocycles. The first-order valence-corrected chi connectivity index (χ1v) is 6.12. The average Bonchev–Trinajstić information content (AvgIpc) is 2.28. The van der Waals surface area contributed by atoms with Gasteiger partial charge in [-0.1, -0.05) is 20.3 Å². The van der Waals surface area contributed by atoms with E-state index in [0.29, 0.717) is 6.54 Å². The summed E-state index contributed by atoms with van der Waals surface area (Å²) in [4.78, 5) is 25.0. The number of carbonyl (C=O) groups is 2. The van der Waals surface area contributed by atoms with Crippen LogP contribution in [0.25, 0.3) is 0 Å². The highest BCUT2D eigenvalue weighted by molar-refractivity contribution is 5.84. The molecule has 4 heteroatoms. The Bertz CT molecular complexity index is 266. The van der Waals surface area contributed by atoms with Crippen molar-refractivity contribution in [3.63, 3.8) is 0 Å². The van der Waals surface area contributed by atoms with Crippen LogP contribution in [0.15, 0.2) is 0 Å². The summed E-state index contributed by atoms with van der Waals surface area (Å²) in [6, 6.07) is -0.234. The lowest BCUT2D eigenvalue weighted by molar-refractivity contribution is -0.128. The maximum atomic E-state index is 11.8. The third-order valence-corrected chi connectivity index (χ3v) is 3.46. The molecule has 2 N–H and O–H groups in total. The second-order valence-corrected chi connectivity index (χ2v) is 4.66. The molecular formula is C12H22N2O2. The molecular weight excluding hydrogens is 204 g/mol. The van der Waals surface area contributed by atoms with E-state index in [1.165, 1.54) is 0 Å². The highest BCUT2D eigenvalue weighted by atomic mass is 16.1. The SMILES string of the molecule is CCC(C)C(=O)CN1CCCCC1C(N)=O. The van der Waals surface area contributed by atoms with E-state index >= 15 is 0 Å². The molecule has 0 aliphatic carbocycles. The molecule has 1 amide bonds. The Morgan fingerprint density at radius 1 is 1.44 bits per heavy atom. The predicted molar refractivity (Wildman–Crippen MR) is 62.9 cm³/mol. The van der Waals surface area contributed by atoms with Crippen LogP contribution in [0.3, 0.4) is 0 Å². The van der Waals surface area contributed by atoms with Gasteiger partial charge in [-0.25, -0.2) is 0 Å². The Morgan fingerprint density at radius 2 is 2.12 bits per heavy atom. The van der Waals surface area contributed by atoms with E-state index in [0.717, 1.165) is 32.2 Å². The molecule has 1 saturated heterocycles. The van der Waals surface area contributed by atoms with Crippen molar-refractivity contribution in [1.82, 2.24) is 4.90 Å². The van der Waals surface area contributed by atoms with Gasteiger partial charge in [0.05, 0.1) is 12.6 Å². The van der Waals surface area contributed by atoms with Crippen molar-refractivity contribution in [1.29, 1.82) is 0 Å². The van der Waals surface area contributed by atoms with Gasteiger partial charge in [-0.05, 0) is 25.8 Å². The highest BCUT2D eigenvalue weighted by Gasteiger charge is 2.28. The third-order valence-electron chi connectivity index (χ3n) is 3.46. The molecule has 1 heterocycles. The smallest absolute Gasteiger partial charge is 0.234 e. The van der Waals surface area contributed by atoms with Crippen molar-refractivity contribution in [2.24, 2.45) is 11.7 Å². The van der Waals surface area contributed by atoms with Crippen molar-refractivity contribution in [3.05, 3.63) is 0 Å². The summed E-state index contributed by atoms with van der Waals surface area (Å²) in [6.45, 7) is 5.13. The lowest BCUT2D eigenvalue weighted by atomic mass is 9.98. The molecule has 0 spiro atoms. The summed E-state index contributed by atoms with van der Waals surface area (Å²) in [7, 11) is 0. The Morgan fingerprint density at radius 3 is 2.69 bits per heavy atom. The topological polar surface area (TPSA) is 63.4 Å². The van der Waals surface area contributed by atoms with E-state index in [-0.39, 0.29) is 23.7 Å². The molecule has 2 atom stereocenters. The second-order valence-electron chi connectivity index (χ2n) is 4.66. The predicted octanol–water partition coefficient (Wildman–Crippen LogP) is 0.941. The van der Waals surface area contributed by atoms with Gasteiger partial charge >= 0.3 is 0 Å². The van der Waals surface area contributed by atoms with Gasteiger partial charge in [-0.3, -0.25) is 14.5 Å². The molecule has 2 unspecified atom stereocenters. The summed E-state index contributed by atoms with van der Waals surface area (Å²) >= 11 is 0. The van der Waals surface area contributed by atoms with Gasteiger partial charge < -0.3 is 5.73 Å². The van der Waals surface area contributed by atoms with Crippen molar-refractivity contribution < 1.29 is 9.59 Å². The maximum Gasteiger partial charge on any atom is 0.234 e. The number of rotatable bonds is 5. The Hall–Kier alpha value is -0.900. The minimum Gasteiger partial charge on any atom is -0.368 e. The monoisotopic (exact) mass is 226 g/mol. The molecule has 0 radical (unpaired) electrons. The molecule has 0 aromatic heterocycles. The van der Waals surface area contributed by atoms with Crippen LogP contribution in [0, 0.1) is 5.92 Å². The van der Waals surface area contributed by atoms with Crippen LogP contribution in [-0.2, 0) is 9.59 Å². The second kappa shape index (κ2) is 5.99. The minimum atomic E-state index is -0.295. The van der Waals surface area contributed by atoms with Crippen LogP contribution in [0.2, 0.25) is 0 Å². The number of Topliss-reactive ketones (excluding diaryl/α,β-unsaturated/α-hetero) is 1. The molecule has 0 saturated carbocycles. The number of nitrogens with two attached hydrogens (primary N) is 1. The van der Waals surface area contributed by atoms with E-state index in [4.69, 9.17) is 5.73 Å². The van der Waals surface area contributed by atoms with Crippen LogP contribution in [0.1, 0.15) is 39.5 Å². The van der Waals surface area contributed by atoms with E-state index < -0.39 is 0 Å². The summed E-state index contributed by atoms with van der Waals surface area (Å²) in [5.41, 5.74) is 5.35. The maximum absolute atomic E-state index is 11.8. The van der Waals surface area contributed by atoms with Crippen molar-refractivity contribution in [2.45, 2.75) is 45.6 Å². The van der Waals surface area contributed by atoms with Crippen molar-refractivity contribution >= 4 is 11.7 Å².